The number of aliphatic hydroxyl groups excluding tert-OH is 1. The highest BCUT2D eigenvalue weighted by atomic mass is 16.3. The number of carbonyl (C=O) groups is 1. The summed E-state index contributed by atoms with van der Waals surface area (Å²) in [5.74, 6) is 0.374. The van der Waals surface area contributed by atoms with Gasteiger partial charge in [0.25, 0.3) is 0 Å². The van der Waals surface area contributed by atoms with Gasteiger partial charge >= 0.3 is 0 Å². The lowest BCUT2D eigenvalue weighted by atomic mass is 10.1. The van der Waals surface area contributed by atoms with Gasteiger partial charge in [-0.1, -0.05) is 24.6 Å². The van der Waals surface area contributed by atoms with Crippen LogP contribution in [0.1, 0.15) is 12.5 Å². The Labute approximate surface area is 114 Å². The molecule has 1 saturated heterocycles. The third kappa shape index (κ3) is 2.89. The number of amides is 1. The van der Waals surface area contributed by atoms with E-state index in [0.29, 0.717) is 5.92 Å². The van der Waals surface area contributed by atoms with Crippen molar-refractivity contribution in [3.8, 4) is 0 Å². The van der Waals surface area contributed by atoms with Gasteiger partial charge in [-0.3, -0.25) is 4.79 Å². The van der Waals surface area contributed by atoms with Crippen LogP contribution in [-0.4, -0.2) is 48.7 Å². The summed E-state index contributed by atoms with van der Waals surface area (Å²) in [5, 5.41) is 9.59. The zero-order valence-corrected chi connectivity index (χ0v) is 11.8. The SMILES string of the molecule is Cc1ccc(N2CC(C)CN(C)C(=O)C2CO)cc1. The molecule has 1 aliphatic rings. The van der Waals surface area contributed by atoms with Gasteiger partial charge in [0.1, 0.15) is 6.04 Å². The molecule has 2 atom stereocenters. The quantitative estimate of drug-likeness (QED) is 0.873. The predicted octanol–water partition coefficient (Wildman–Crippen LogP) is 1.27. The maximum absolute atomic E-state index is 12.3. The lowest BCUT2D eigenvalue weighted by molar-refractivity contribution is -0.131. The molecular weight excluding hydrogens is 240 g/mol. The Balaban J connectivity index is 2.34. The molecule has 1 amide bonds. The number of carbonyl (C=O) groups excluding carboxylic acids is 1. The third-order valence-corrected chi connectivity index (χ3v) is 3.67. The van der Waals surface area contributed by atoms with Crippen LogP contribution < -0.4 is 4.90 Å². The molecule has 1 aromatic rings. The van der Waals surface area contributed by atoms with E-state index in [4.69, 9.17) is 0 Å². The zero-order valence-electron chi connectivity index (χ0n) is 11.8. The van der Waals surface area contributed by atoms with Crippen molar-refractivity contribution in [3.05, 3.63) is 29.8 Å². The number of aryl methyl sites for hydroxylation is 1. The van der Waals surface area contributed by atoms with Gasteiger partial charge in [0.05, 0.1) is 6.61 Å². The largest absolute Gasteiger partial charge is 0.394 e. The second-order valence-electron chi connectivity index (χ2n) is 5.51. The predicted molar refractivity (Wildman–Crippen MR) is 76.2 cm³/mol. The number of benzene rings is 1. The van der Waals surface area contributed by atoms with Crippen molar-refractivity contribution in [1.82, 2.24) is 4.90 Å². The first kappa shape index (κ1) is 13.9. The van der Waals surface area contributed by atoms with Gasteiger partial charge in [0, 0.05) is 25.8 Å². The molecule has 2 rings (SSSR count). The minimum atomic E-state index is -0.474. The van der Waals surface area contributed by atoms with Crippen LogP contribution in [0.4, 0.5) is 5.69 Å². The van der Waals surface area contributed by atoms with Crippen molar-refractivity contribution in [2.24, 2.45) is 5.92 Å². The molecule has 104 valence electrons. The molecule has 0 aliphatic carbocycles. The average molecular weight is 262 g/mol. The molecule has 19 heavy (non-hydrogen) atoms. The van der Waals surface area contributed by atoms with E-state index in [1.165, 1.54) is 5.56 Å². The van der Waals surface area contributed by atoms with Crippen molar-refractivity contribution in [1.29, 1.82) is 0 Å². The first-order chi connectivity index (χ1) is 9.02. The molecule has 0 radical (unpaired) electrons. The lowest BCUT2D eigenvalue weighted by Gasteiger charge is -2.31. The number of hydrogen-bond donors (Lipinski definition) is 1. The van der Waals surface area contributed by atoms with Crippen molar-refractivity contribution in [3.63, 3.8) is 0 Å². The molecular formula is C15H22N2O2. The lowest BCUT2D eigenvalue weighted by Crippen LogP contribution is -2.47. The Morgan fingerprint density at radius 2 is 1.89 bits per heavy atom. The second kappa shape index (κ2) is 5.61. The van der Waals surface area contributed by atoms with E-state index in [2.05, 4.69) is 6.92 Å². The smallest absolute Gasteiger partial charge is 0.247 e. The maximum Gasteiger partial charge on any atom is 0.247 e. The normalized spacial score (nSPS) is 24.5. The Morgan fingerprint density at radius 3 is 2.47 bits per heavy atom. The van der Waals surface area contributed by atoms with E-state index in [1.54, 1.807) is 11.9 Å². The van der Waals surface area contributed by atoms with Gasteiger partial charge in [-0.25, -0.2) is 0 Å². The van der Waals surface area contributed by atoms with E-state index in [9.17, 15) is 9.90 Å². The third-order valence-electron chi connectivity index (χ3n) is 3.67. The summed E-state index contributed by atoms with van der Waals surface area (Å²) in [6.45, 7) is 5.54. The van der Waals surface area contributed by atoms with Crippen LogP contribution in [0.15, 0.2) is 24.3 Å². The number of nitrogens with zero attached hydrogens (tertiary/aromatic N) is 2. The van der Waals surface area contributed by atoms with E-state index in [1.807, 2.05) is 36.1 Å². The van der Waals surface area contributed by atoms with Crippen LogP contribution >= 0.6 is 0 Å². The van der Waals surface area contributed by atoms with Gasteiger partial charge < -0.3 is 14.9 Å². The fraction of sp³-hybridized carbons (Fsp3) is 0.533. The van der Waals surface area contributed by atoms with Gasteiger partial charge in [-0.2, -0.15) is 0 Å². The van der Waals surface area contributed by atoms with Crippen LogP contribution in [0.3, 0.4) is 0 Å². The Bertz CT molecular complexity index is 444. The molecule has 0 spiro atoms. The van der Waals surface area contributed by atoms with Crippen LogP contribution in [-0.2, 0) is 4.79 Å². The number of anilines is 1. The highest BCUT2D eigenvalue weighted by molar-refractivity contribution is 5.85. The number of hydrogen-bond acceptors (Lipinski definition) is 3. The number of rotatable bonds is 2. The fourth-order valence-electron chi connectivity index (χ4n) is 2.66. The minimum absolute atomic E-state index is 0.00701. The van der Waals surface area contributed by atoms with E-state index >= 15 is 0 Å². The van der Waals surface area contributed by atoms with Crippen molar-refractivity contribution in [2.75, 3.05) is 31.6 Å². The van der Waals surface area contributed by atoms with E-state index in [-0.39, 0.29) is 12.5 Å². The number of likely N-dealkylation sites (N-methyl/N-ethyl adjacent to an activating group) is 1. The van der Waals surface area contributed by atoms with Crippen LogP contribution in [0.5, 0.6) is 0 Å². The standard InChI is InChI=1S/C15H22N2O2/c1-11-4-6-13(7-5-11)17-9-12(2)8-16(3)15(19)14(17)10-18/h4-7,12,14,18H,8-10H2,1-3H3. The molecule has 1 aliphatic heterocycles. The first-order valence-electron chi connectivity index (χ1n) is 6.72. The molecule has 0 aromatic heterocycles. The summed E-state index contributed by atoms with van der Waals surface area (Å²) < 4.78 is 0. The Morgan fingerprint density at radius 1 is 1.26 bits per heavy atom. The molecule has 2 unspecified atom stereocenters. The van der Waals surface area contributed by atoms with E-state index in [0.717, 1.165) is 18.8 Å². The van der Waals surface area contributed by atoms with Crippen LogP contribution in [0.25, 0.3) is 0 Å². The van der Waals surface area contributed by atoms with Crippen molar-refractivity contribution in [2.45, 2.75) is 19.9 Å². The molecule has 4 heteroatoms. The highest BCUT2D eigenvalue weighted by Crippen LogP contribution is 2.23. The topological polar surface area (TPSA) is 43.8 Å². The van der Waals surface area contributed by atoms with Crippen molar-refractivity contribution >= 4 is 11.6 Å². The van der Waals surface area contributed by atoms with Gasteiger partial charge in [-0.15, -0.1) is 0 Å². The Hall–Kier alpha value is -1.55. The average Bonchev–Trinajstić information content (AvgIpc) is 2.48. The summed E-state index contributed by atoms with van der Waals surface area (Å²) in [5.41, 5.74) is 2.19. The summed E-state index contributed by atoms with van der Waals surface area (Å²) in [6, 6.07) is 7.63. The van der Waals surface area contributed by atoms with Crippen molar-refractivity contribution < 1.29 is 9.90 Å². The second-order valence-corrected chi connectivity index (χ2v) is 5.51. The summed E-state index contributed by atoms with van der Waals surface area (Å²) in [6.07, 6.45) is 0. The zero-order chi connectivity index (χ0) is 14.0. The number of aliphatic hydroxyl groups is 1. The Kier molecular flexibility index (Phi) is 4.10. The van der Waals surface area contributed by atoms with Crippen LogP contribution in [0.2, 0.25) is 0 Å². The first-order valence-corrected chi connectivity index (χ1v) is 6.72. The summed E-state index contributed by atoms with van der Waals surface area (Å²) in [4.78, 5) is 16.0. The molecule has 0 saturated carbocycles. The molecule has 0 bridgehead atoms. The molecule has 1 aromatic carbocycles. The van der Waals surface area contributed by atoms with Gasteiger partial charge in [0.2, 0.25) is 5.91 Å². The van der Waals surface area contributed by atoms with Crippen LogP contribution in [0, 0.1) is 12.8 Å². The van der Waals surface area contributed by atoms with E-state index < -0.39 is 6.04 Å². The summed E-state index contributed by atoms with van der Waals surface area (Å²) >= 11 is 0. The molecule has 1 fully saturated rings. The summed E-state index contributed by atoms with van der Waals surface area (Å²) in [7, 11) is 1.81. The van der Waals surface area contributed by atoms with Gasteiger partial charge in [0.15, 0.2) is 0 Å². The molecule has 4 nitrogen and oxygen atoms in total. The maximum atomic E-state index is 12.3. The monoisotopic (exact) mass is 262 g/mol. The fourth-order valence-corrected chi connectivity index (χ4v) is 2.66. The molecule has 1 N–H and O–H groups in total. The van der Waals surface area contributed by atoms with Gasteiger partial charge in [-0.05, 0) is 25.0 Å². The highest BCUT2D eigenvalue weighted by Gasteiger charge is 2.33. The minimum Gasteiger partial charge on any atom is -0.394 e. The molecule has 1 heterocycles.